The van der Waals surface area contributed by atoms with E-state index >= 15 is 0 Å². The number of nitrogens with zero attached hydrogens (tertiary/aromatic N) is 2. The summed E-state index contributed by atoms with van der Waals surface area (Å²) in [5.41, 5.74) is 1.58. The Hall–Kier alpha value is -3.26. The lowest BCUT2D eigenvalue weighted by Gasteiger charge is -2.12. The zero-order valence-corrected chi connectivity index (χ0v) is 17.0. The maximum absolute atomic E-state index is 12.3. The number of hydrogen-bond acceptors (Lipinski definition) is 7. The first-order valence-electron chi connectivity index (χ1n) is 8.68. The van der Waals surface area contributed by atoms with E-state index in [0.717, 1.165) is 5.56 Å². The summed E-state index contributed by atoms with van der Waals surface area (Å²) in [5.74, 6) is -0.332. The number of methoxy groups -OCH3 is 1. The number of benzene rings is 2. The lowest BCUT2D eigenvalue weighted by molar-refractivity contribution is -0.255. The van der Waals surface area contributed by atoms with E-state index in [-0.39, 0.29) is 18.1 Å². The number of rotatable bonds is 6. The minimum Gasteiger partial charge on any atom is -0.545 e. The fourth-order valence-electron chi connectivity index (χ4n) is 2.74. The third kappa shape index (κ3) is 4.60. The Morgan fingerprint density at radius 1 is 1.24 bits per heavy atom. The van der Waals surface area contributed by atoms with Gasteiger partial charge in [-0.05, 0) is 52.7 Å². The second-order valence-electron chi connectivity index (χ2n) is 6.17. The number of aromatic carboxylic acids is 1. The van der Waals surface area contributed by atoms with E-state index in [2.05, 4.69) is 4.99 Å². The van der Waals surface area contributed by atoms with Gasteiger partial charge in [0, 0.05) is 14.1 Å². The molecule has 0 aliphatic carbocycles. The highest BCUT2D eigenvalue weighted by Gasteiger charge is 2.29. The Bertz CT molecular complexity index is 1020. The highest BCUT2D eigenvalue weighted by Crippen LogP contribution is 2.34. The second kappa shape index (κ2) is 8.83. The van der Waals surface area contributed by atoms with Crippen LogP contribution in [0.2, 0.25) is 0 Å². The fraction of sp³-hybridized carbons (Fsp3) is 0.190. The standard InChI is InChI=1S/C21H20N2O5S/c1-22-21-23(2)19(24)18(29-21)11-13-7-8-16(17(10-13)27-3)28-12-14-5-4-6-15(9-14)20(25)26/h4-11H,12H2,1-3H3,(H,25,26)/p-1/b18-11+,22-21?. The maximum Gasteiger partial charge on any atom is 0.266 e. The number of amides is 1. The van der Waals surface area contributed by atoms with Crippen molar-refractivity contribution in [1.82, 2.24) is 4.90 Å². The maximum atomic E-state index is 12.3. The Morgan fingerprint density at radius 2 is 2.03 bits per heavy atom. The topological polar surface area (TPSA) is 91.3 Å². The molecule has 3 rings (SSSR count). The van der Waals surface area contributed by atoms with Crippen molar-refractivity contribution in [1.29, 1.82) is 0 Å². The minimum absolute atomic E-state index is 0.0960. The van der Waals surface area contributed by atoms with E-state index in [1.165, 1.54) is 35.9 Å². The van der Waals surface area contributed by atoms with Gasteiger partial charge >= 0.3 is 0 Å². The molecule has 1 aliphatic heterocycles. The molecule has 0 saturated carbocycles. The predicted molar refractivity (Wildman–Crippen MR) is 110 cm³/mol. The van der Waals surface area contributed by atoms with E-state index in [9.17, 15) is 14.7 Å². The molecule has 1 heterocycles. The van der Waals surface area contributed by atoms with Crippen LogP contribution in [0.25, 0.3) is 6.08 Å². The monoisotopic (exact) mass is 411 g/mol. The van der Waals surface area contributed by atoms with Crippen LogP contribution < -0.4 is 14.6 Å². The van der Waals surface area contributed by atoms with Crippen LogP contribution in [0.1, 0.15) is 21.5 Å². The summed E-state index contributed by atoms with van der Waals surface area (Å²) in [6.45, 7) is 0.174. The molecule has 2 aromatic carbocycles. The predicted octanol–water partition coefficient (Wildman–Crippen LogP) is 2.17. The van der Waals surface area contributed by atoms with Gasteiger partial charge in [0.1, 0.15) is 6.61 Å². The summed E-state index contributed by atoms with van der Waals surface area (Å²) in [7, 11) is 4.86. The average Bonchev–Trinajstić information content (AvgIpc) is 3.00. The quantitative estimate of drug-likeness (QED) is 0.677. The minimum atomic E-state index is -1.23. The molecule has 150 valence electrons. The van der Waals surface area contributed by atoms with Crippen molar-refractivity contribution in [2.24, 2.45) is 4.99 Å². The van der Waals surface area contributed by atoms with E-state index in [0.29, 0.717) is 27.1 Å². The van der Waals surface area contributed by atoms with E-state index in [1.807, 2.05) is 6.07 Å². The molecular weight excluding hydrogens is 392 g/mol. The molecule has 0 N–H and O–H groups in total. The SMILES string of the molecule is CN=C1S/C(=C/c2ccc(OCc3cccc(C(=O)[O-])c3)c(OC)c2)C(=O)N1C. The highest BCUT2D eigenvalue weighted by molar-refractivity contribution is 8.18. The van der Waals surface area contributed by atoms with Gasteiger partial charge in [-0.25, -0.2) is 0 Å². The number of carboxylic acid groups (broad SMARTS) is 1. The number of thioether (sulfide) groups is 1. The number of carbonyl (C=O) groups is 2. The number of aliphatic imine (C=N–C) groups is 1. The van der Waals surface area contributed by atoms with E-state index in [1.54, 1.807) is 44.4 Å². The van der Waals surface area contributed by atoms with Gasteiger partial charge in [-0.3, -0.25) is 14.7 Å². The number of amidine groups is 1. The Labute approximate surface area is 172 Å². The molecule has 0 radical (unpaired) electrons. The van der Waals surface area contributed by atoms with Crippen molar-refractivity contribution in [2.45, 2.75) is 6.61 Å². The molecule has 1 fully saturated rings. The van der Waals surface area contributed by atoms with Crippen molar-refractivity contribution in [2.75, 3.05) is 21.2 Å². The molecular formula is C21H19N2O5S-. The summed E-state index contributed by atoms with van der Waals surface area (Å²) in [6.07, 6.45) is 1.78. The zero-order valence-electron chi connectivity index (χ0n) is 16.2. The molecule has 1 saturated heterocycles. The van der Waals surface area contributed by atoms with Crippen molar-refractivity contribution >= 4 is 34.9 Å². The number of ether oxygens (including phenoxy) is 2. The van der Waals surface area contributed by atoms with Crippen LogP contribution in [0.15, 0.2) is 52.4 Å². The van der Waals surface area contributed by atoms with Gasteiger partial charge in [-0.15, -0.1) is 0 Å². The zero-order chi connectivity index (χ0) is 21.0. The van der Waals surface area contributed by atoms with Gasteiger partial charge in [0.15, 0.2) is 16.7 Å². The second-order valence-corrected chi connectivity index (χ2v) is 7.18. The Morgan fingerprint density at radius 3 is 2.69 bits per heavy atom. The first-order valence-corrected chi connectivity index (χ1v) is 9.50. The molecule has 0 atom stereocenters. The highest BCUT2D eigenvalue weighted by atomic mass is 32.2. The van der Waals surface area contributed by atoms with Crippen molar-refractivity contribution in [3.63, 3.8) is 0 Å². The number of hydrogen-bond donors (Lipinski definition) is 0. The van der Waals surface area contributed by atoms with Crippen LogP contribution in [0.4, 0.5) is 0 Å². The van der Waals surface area contributed by atoms with Crippen molar-refractivity contribution < 1.29 is 24.2 Å². The van der Waals surface area contributed by atoms with Gasteiger partial charge in [0.25, 0.3) is 5.91 Å². The average molecular weight is 411 g/mol. The van der Waals surface area contributed by atoms with Crippen LogP contribution in [-0.4, -0.2) is 43.1 Å². The number of likely N-dealkylation sites (N-methyl/N-ethyl adjacent to an activating group) is 1. The largest absolute Gasteiger partial charge is 0.545 e. The van der Waals surface area contributed by atoms with Gasteiger partial charge in [0.05, 0.1) is 18.0 Å². The lowest BCUT2D eigenvalue weighted by Crippen LogP contribution is -2.23. The van der Waals surface area contributed by atoms with Gasteiger partial charge in [0.2, 0.25) is 0 Å². The molecule has 8 heteroatoms. The molecule has 0 unspecified atom stereocenters. The molecule has 2 aromatic rings. The molecule has 0 spiro atoms. The molecule has 7 nitrogen and oxygen atoms in total. The summed E-state index contributed by atoms with van der Waals surface area (Å²) in [6, 6.07) is 11.7. The third-order valence-electron chi connectivity index (χ3n) is 4.24. The van der Waals surface area contributed by atoms with Gasteiger partial charge in [-0.1, -0.05) is 24.3 Å². The van der Waals surface area contributed by atoms with Gasteiger partial charge < -0.3 is 19.4 Å². The first kappa shape index (κ1) is 20.5. The van der Waals surface area contributed by atoms with Gasteiger partial charge in [-0.2, -0.15) is 0 Å². The molecule has 1 amide bonds. The molecule has 1 aliphatic rings. The summed E-state index contributed by atoms with van der Waals surface area (Å²) < 4.78 is 11.2. The smallest absolute Gasteiger partial charge is 0.266 e. The van der Waals surface area contributed by atoms with Crippen LogP contribution in [0.5, 0.6) is 11.5 Å². The van der Waals surface area contributed by atoms with Crippen LogP contribution in [0, 0.1) is 0 Å². The lowest BCUT2D eigenvalue weighted by atomic mass is 10.1. The fourth-order valence-corrected chi connectivity index (χ4v) is 3.67. The Kier molecular flexibility index (Phi) is 6.23. The number of carboxylic acids is 1. The molecule has 0 bridgehead atoms. The summed E-state index contributed by atoms with van der Waals surface area (Å²) in [4.78, 5) is 29.4. The molecule has 29 heavy (non-hydrogen) atoms. The summed E-state index contributed by atoms with van der Waals surface area (Å²) >= 11 is 1.31. The Balaban J connectivity index is 1.77. The number of carbonyl (C=O) groups excluding carboxylic acids is 2. The third-order valence-corrected chi connectivity index (χ3v) is 5.39. The van der Waals surface area contributed by atoms with Crippen molar-refractivity contribution in [3.05, 3.63) is 64.1 Å². The van der Waals surface area contributed by atoms with E-state index in [4.69, 9.17) is 9.47 Å². The van der Waals surface area contributed by atoms with Crippen LogP contribution >= 0.6 is 11.8 Å². The first-order chi connectivity index (χ1) is 13.9. The van der Waals surface area contributed by atoms with Crippen LogP contribution in [-0.2, 0) is 11.4 Å². The normalized spacial score (nSPS) is 16.5. The van der Waals surface area contributed by atoms with Crippen LogP contribution in [0.3, 0.4) is 0 Å². The van der Waals surface area contributed by atoms with Crippen molar-refractivity contribution in [3.8, 4) is 11.5 Å². The van der Waals surface area contributed by atoms with E-state index < -0.39 is 5.97 Å². The molecule has 0 aromatic heterocycles. The summed E-state index contributed by atoms with van der Waals surface area (Å²) in [5, 5.41) is 11.6.